The van der Waals surface area contributed by atoms with E-state index in [2.05, 4.69) is 17.2 Å². The lowest BCUT2D eigenvalue weighted by Gasteiger charge is -2.46. The van der Waals surface area contributed by atoms with Gasteiger partial charge in [-0.05, 0) is 53.4 Å². The number of aliphatic hydroxyl groups is 1. The van der Waals surface area contributed by atoms with E-state index in [1.54, 1.807) is 48.2 Å². The number of ether oxygens (including phenoxy) is 4. The number of aliphatic hydroxyl groups excluding tert-OH is 1. The van der Waals surface area contributed by atoms with Gasteiger partial charge in [-0.1, -0.05) is 121 Å². The summed E-state index contributed by atoms with van der Waals surface area (Å²) < 4.78 is 22.3. The molecule has 15 nitrogen and oxygen atoms in total. The first-order valence-electron chi connectivity index (χ1n) is 21.7. The van der Waals surface area contributed by atoms with Gasteiger partial charge in [0, 0.05) is 17.5 Å². The number of esters is 3. The number of imide groups is 1. The second-order valence-electron chi connectivity index (χ2n) is 16.3. The van der Waals surface area contributed by atoms with Crippen LogP contribution >= 0.6 is 0 Å². The third kappa shape index (κ3) is 8.15. The standard InChI is InChI=1S/C52H48N4O11/c1-31(33-17-7-4-8-18-33)54-51(63)55-39-27-26-32(16-15-24-37(47(59)64-2)48(60)65-3)30-38(39)52(50(55)62)41(46(53)58)43-49(61)67-44(35-21-11-6-12-22-35)42(34-19-9-5-10-20-34)56(43)45(52)36-23-13-14-25-40(36)66-29-28-57/h4-14,17-23,25-27,30-31,37,41-45,57H,24,28-29H2,1-3H3,(H2,53,58)(H,54,63). The SMILES string of the molecule is COC(=O)C(CC#Cc1ccc2c(c1)C1(C(=O)N2C(=O)NC(C)c2ccccc2)C(C(N)=O)C2C(=O)OC(c3ccccc3)C(c3ccccc3)N2C1c1ccccc1OCCO)C(=O)OC. The van der Waals surface area contributed by atoms with Crippen molar-refractivity contribution in [1.82, 2.24) is 10.2 Å². The lowest BCUT2D eigenvalue weighted by Crippen LogP contribution is -2.55. The first kappa shape index (κ1) is 45.8. The van der Waals surface area contributed by atoms with Crippen molar-refractivity contribution in [3.63, 3.8) is 0 Å². The number of benzene rings is 5. The topological polar surface area (TPSA) is 204 Å². The summed E-state index contributed by atoms with van der Waals surface area (Å²) in [4.78, 5) is 88.8. The second kappa shape index (κ2) is 19.4. The molecule has 2 saturated heterocycles. The number of amides is 4. The van der Waals surface area contributed by atoms with E-state index in [1.807, 2.05) is 91.0 Å². The third-order valence-electron chi connectivity index (χ3n) is 12.7. The van der Waals surface area contributed by atoms with E-state index in [4.69, 9.17) is 24.7 Å². The number of nitrogens with one attached hydrogen (secondary N) is 1. The van der Waals surface area contributed by atoms with Gasteiger partial charge in [0.05, 0.1) is 50.6 Å². The lowest BCUT2D eigenvalue weighted by atomic mass is 9.65. The van der Waals surface area contributed by atoms with Crippen molar-refractivity contribution < 1.29 is 52.8 Å². The molecule has 7 atom stereocenters. The van der Waals surface area contributed by atoms with Crippen molar-refractivity contribution >= 4 is 41.4 Å². The van der Waals surface area contributed by atoms with Gasteiger partial charge in [-0.15, -0.1) is 0 Å². The molecule has 15 heteroatoms. The van der Waals surface area contributed by atoms with E-state index in [-0.39, 0.29) is 42.2 Å². The minimum Gasteiger partial charge on any atom is -0.491 e. The Morgan fingerprint density at radius 2 is 1.43 bits per heavy atom. The van der Waals surface area contributed by atoms with E-state index >= 15 is 9.59 Å². The third-order valence-corrected chi connectivity index (χ3v) is 12.7. The average Bonchev–Trinajstić information content (AvgIpc) is 3.81. The summed E-state index contributed by atoms with van der Waals surface area (Å²) in [5.74, 6) is -1.40. The Hall–Kier alpha value is -7.80. The highest BCUT2D eigenvalue weighted by Gasteiger charge is 2.75. The van der Waals surface area contributed by atoms with Crippen LogP contribution in [0, 0.1) is 23.7 Å². The summed E-state index contributed by atoms with van der Waals surface area (Å²) in [5, 5.41) is 13.0. The van der Waals surface area contributed by atoms with E-state index in [0.717, 1.165) is 24.7 Å². The molecule has 67 heavy (non-hydrogen) atoms. The predicted octanol–water partition coefficient (Wildman–Crippen LogP) is 5.38. The molecule has 3 aliphatic heterocycles. The van der Waals surface area contributed by atoms with E-state index < -0.39 is 83.3 Å². The molecule has 3 heterocycles. The minimum absolute atomic E-state index is 0.0874. The number of hydrogen-bond donors (Lipinski definition) is 3. The zero-order valence-corrected chi connectivity index (χ0v) is 36.9. The van der Waals surface area contributed by atoms with Gasteiger partial charge in [0.2, 0.25) is 11.8 Å². The maximum Gasteiger partial charge on any atom is 0.329 e. The quantitative estimate of drug-likeness (QED) is 0.0625. The first-order chi connectivity index (χ1) is 32.5. The molecule has 1 spiro atoms. The minimum atomic E-state index is -2.19. The largest absolute Gasteiger partial charge is 0.491 e. The molecule has 0 aliphatic carbocycles. The number of morpholine rings is 1. The number of methoxy groups -OCH3 is 2. The van der Waals surface area contributed by atoms with Gasteiger partial charge in [-0.25, -0.2) is 9.69 Å². The molecular weight excluding hydrogens is 857 g/mol. The Kier molecular flexibility index (Phi) is 13.2. The number of nitrogens with zero attached hydrogens (tertiary/aromatic N) is 2. The zero-order valence-electron chi connectivity index (χ0n) is 36.9. The number of carbonyl (C=O) groups excluding carboxylic acids is 6. The molecule has 342 valence electrons. The van der Waals surface area contributed by atoms with Crippen LogP contribution in [-0.4, -0.2) is 79.2 Å². The number of anilines is 1. The second-order valence-corrected chi connectivity index (χ2v) is 16.3. The molecule has 2 fully saturated rings. The molecule has 0 saturated carbocycles. The summed E-state index contributed by atoms with van der Waals surface area (Å²) in [6.45, 7) is 1.26. The number of nitrogens with two attached hydrogens (primary N) is 1. The number of hydrogen-bond acceptors (Lipinski definition) is 12. The van der Waals surface area contributed by atoms with Gasteiger partial charge in [-0.3, -0.25) is 28.9 Å². The molecule has 0 aromatic heterocycles. The highest BCUT2D eigenvalue weighted by atomic mass is 16.6. The van der Waals surface area contributed by atoms with Crippen LogP contribution in [0.3, 0.4) is 0 Å². The van der Waals surface area contributed by atoms with Crippen molar-refractivity contribution in [1.29, 1.82) is 0 Å². The Morgan fingerprint density at radius 1 is 0.821 bits per heavy atom. The van der Waals surface area contributed by atoms with Crippen molar-refractivity contribution in [3.05, 3.63) is 167 Å². The van der Waals surface area contributed by atoms with Crippen LogP contribution < -0.4 is 20.7 Å². The molecule has 4 N–H and O–H groups in total. The molecule has 0 radical (unpaired) electrons. The molecular formula is C52H48N4O11. The highest BCUT2D eigenvalue weighted by molar-refractivity contribution is 6.24. The molecule has 7 unspecified atom stereocenters. The number of urea groups is 1. The van der Waals surface area contributed by atoms with Gasteiger partial charge >= 0.3 is 23.9 Å². The molecule has 0 bridgehead atoms. The van der Waals surface area contributed by atoms with E-state index in [0.29, 0.717) is 16.7 Å². The van der Waals surface area contributed by atoms with Gasteiger partial charge in [-0.2, -0.15) is 0 Å². The lowest BCUT2D eigenvalue weighted by molar-refractivity contribution is -0.178. The molecule has 8 rings (SSSR count). The fraction of sp³-hybridized carbons (Fsp3) is 0.269. The Balaban J connectivity index is 1.42. The number of rotatable bonds is 12. The summed E-state index contributed by atoms with van der Waals surface area (Å²) in [6.07, 6.45) is -1.28. The summed E-state index contributed by atoms with van der Waals surface area (Å²) in [5.41, 5.74) is 7.23. The van der Waals surface area contributed by atoms with E-state index in [9.17, 15) is 24.3 Å². The monoisotopic (exact) mass is 904 g/mol. The van der Waals surface area contributed by atoms with Crippen LogP contribution in [0.15, 0.2) is 133 Å². The fourth-order valence-corrected chi connectivity index (χ4v) is 9.86. The van der Waals surface area contributed by atoms with Crippen molar-refractivity contribution in [2.75, 3.05) is 32.3 Å². The Labute approximate surface area is 386 Å². The summed E-state index contributed by atoms with van der Waals surface area (Å²) in [6, 6.07) is 33.8. The number of fused-ring (bicyclic) bond motifs is 3. The highest BCUT2D eigenvalue weighted by Crippen LogP contribution is 2.66. The fourth-order valence-electron chi connectivity index (χ4n) is 9.86. The number of primary amides is 1. The van der Waals surface area contributed by atoms with E-state index in [1.165, 1.54) is 6.07 Å². The van der Waals surface area contributed by atoms with Crippen LogP contribution in [0.2, 0.25) is 0 Å². The average molecular weight is 905 g/mol. The summed E-state index contributed by atoms with van der Waals surface area (Å²) in [7, 11) is 2.28. The van der Waals surface area contributed by atoms with Crippen LogP contribution in [0.5, 0.6) is 5.75 Å². The van der Waals surface area contributed by atoms with Gasteiger partial charge in [0.15, 0.2) is 5.92 Å². The smallest absolute Gasteiger partial charge is 0.329 e. The molecule has 4 amide bonds. The van der Waals surface area contributed by atoms with Crippen molar-refractivity contribution in [3.8, 4) is 17.6 Å². The van der Waals surface area contributed by atoms with Crippen LogP contribution in [0.25, 0.3) is 0 Å². The molecule has 5 aromatic rings. The van der Waals surface area contributed by atoms with Gasteiger partial charge in [0.1, 0.15) is 29.9 Å². The van der Waals surface area contributed by atoms with Gasteiger partial charge < -0.3 is 35.1 Å². The van der Waals surface area contributed by atoms with Crippen molar-refractivity contribution in [2.24, 2.45) is 17.6 Å². The maximum atomic E-state index is 16.3. The number of cyclic esters (lactones) is 1. The number of carbonyl (C=O) groups is 6. The van der Waals surface area contributed by atoms with Crippen molar-refractivity contribution in [2.45, 2.75) is 49.0 Å². The maximum absolute atomic E-state index is 16.3. The van der Waals surface area contributed by atoms with Gasteiger partial charge in [0.25, 0.3) is 0 Å². The zero-order chi connectivity index (χ0) is 47.4. The van der Waals surface area contributed by atoms with Crippen LogP contribution in [0.1, 0.15) is 71.0 Å². The normalized spacial score (nSPS) is 22.2. The predicted molar refractivity (Wildman–Crippen MR) is 243 cm³/mol. The molecule has 3 aliphatic rings. The Morgan fingerprint density at radius 3 is 2.06 bits per heavy atom. The van der Waals surface area contributed by atoms with Crippen LogP contribution in [-0.2, 0) is 43.6 Å². The first-order valence-corrected chi connectivity index (χ1v) is 21.7. The number of para-hydroxylation sites is 1. The van der Waals surface area contributed by atoms with Crippen LogP contribution in [0.4, 0.5) is 10.5 Å². The Bertz CT molecular complexity index is 2740. The molecule has 5 aromatic carbocycles. The summed E-state index contributed by atoms with van der Waals surface area (Å²) >= 11 is 0.